The molecule has 2 fully saturated rings. The first-order valence-corrected chi connectivity index (χ1v) is 18.3. The second-order valence-electron chi connectivity index (χ2n) is 14.5. The Hall–Kier alpha value is -4.89. The molecule has 3 heteroatoms. The fourth-order valence-electron chi connectivity index (χ4n) is 9.35. The van der Waals surface area contributed by atoms with Crippen LogP contribution in [-0.4, -0.2) is 14.0 Å². The highest BCUT2D eigenvalue weighted by molar-refractivity contribution is 6.11. The second kappa shape index (κ2) is 11.4. The van der Waals surface area contributed by atoms with Crippen molar-refractivity contribution in [1.29, 1.82) is 0 Å². The third-order valence-electron chi connectivity index (χ3n) is 11.7. The van der Waals surface area contributed by atoms with Gasteiger partial charge in [-0.25, -0.2) is 0 Å². The molecule has 0 spiro atoms. The highest BCUT2D eigenvalue weighted by Crippen LogP contribution is 2.42. The third kappa shape index (κ3) is 4.44. The molecule has 2 aliphatic carbocycles. The van der Waals surface area contributed by atoms with Crippen molar-refractivity contribution in [1.82, 2.24) is 14.0 Å². The monoisotopic (exact) mass is 623 g/mol. The number of hydrogen-bond donors (Lipinski definition) is 0. The maximum absolute atomic E-state index is 4.91. The zero-order chi connectivity index (χ0) is 31.6. The molecule has 5 aromatic carbocycles. The molecular weight excluding hydrogens is 583 g/mol. The van der Waals surface area contributed by atoms with Crippen molar-refractivity contribution in [2.75, 3.05) is 0 Å². The number of benzene rings is 5. The average Bonchev–Trinajstić information content (AvgIpc) is 3.68. The lowest BCUT2D eigenvalue weighted by Gasteiger charge is -2.22. The van der Waals surface area contributed by atoms with E-state index in [4.69, 9.17) is 4.98 Å². The highest BCUT2D eigenvalue weighted by atomic mass is 15.0. The third-order valence-corrected chi connectivity index (χ3v) is 11.7. The van der Waals surface area contributed by atoms with Crippen LogP contribution in [0.3, 0.4) is 0 Å². The van der Waals surface area contributed by atoms with Gasteiger partial charge in [0.1, 0.15) is 0 Å². The van der Waals surface area contributed by atoms with E-state index in [0.29, 0.717) is 11.8 Å². The summed E-state index contributed by atoms with van der Waals surface area (Å²) in [6.45, 7) is 0. The van der Waals surface area contributed by atoms with E-state index in [1.807, 2.05) is 0 Å². The minimum atomic E-state index is 0.687. The Morgan fingerprint density at radius 2 is 1.10 bits per heavy atom. The summed E-state index contributed by atoms with van der Waals surface area (Å²) in [4.78, 5) is 4.91. The van der Waals surface area contributed by atoms with Crippen molar-refractivity contribution in [2.24, 2.45) is 0 Å². The van der Waals surface area contributed by atoms with Gasteiger partial charge >= 0.3 is 0 Å². The molecule has 2 aliphatic rings. The van der Waals surface area contributed by atoms with E-state index < -0.39 is 0 Å². The highest BCUT2D eigenvalue weighted by Gasteiger charge is 2.22. The molecule has 0 N–H and O–H groups in total. The molecule has 2 saturated carbocycles. The van der Waals surface area contributed by atoms with Crippen LogP contribution in [-0.2, 0) is 0 Å². The summed E-state index contributed by atoms with van der Waals surface area (Å²) < 4.78 is 4.91. The van der Waals surface area contributed by atoms with Gasteiger partial charge in [0.15, 0.2) is 0 Å². The molecule has 0 amide bonds. The van der Waals surface area contributed by atoms with Crippen LogP contribution >= 0.6 is 0 Å². The maximum atomic E-state index is 4.91. The molecule has 0 atom stereocenters. The first-order chi connectivity index (χ1) is 23.8. The SMILES string of the molecule is c1cc(-c2c3ccccc3n3c2cnc2ccccc23)cc(-n2c3ccc(C4CCCCC4)cc3c3cc(C4CCCCC4)ccc32)c1. The zero-order valence-electron chi connectivity index (χ0n) is 27.5. The van der Waals surface area contributed by atoms with Crippen LogP contribution in [0, 0.1) is 0 Å². The molecule has 10 rings (SSSR count). The first kappa shape index (κ1) is 28.2. The molecular formula is C45H41N3. The Morgan fingerprint density at radius 1 is 0.479 bits per heavy atom. The predicted molar refractivity (Wildman–Crippen MR) is 202 cm³/mol. The molecule has 0 aliphatic heterocycles. The van der Waals surface area contributed by atoms with Gasteiger partial charge in [-0.3, -0.25) is 4.98 Å². The van der Waals surface area contributed by atoms with Crippen molar-refractivity contribution in [3.05, 3.63) is 127 Å². The normalized spacial score (nSPS) is 16.6. The van der Waals surface area contributed by atoms with Crippen LogP contribution in [0.2, 0.25) is 0 Å². The van der Waals surface area contributed by atoms with E-state index in [1.165, 1.54) is 125 Å². The van der Waals surface area contributed by atoms with E-state index in [9.17, 15) is 0 Å². The first-order valence-electron chi connectivity index (χ1n) is 18.3. The van der Waals surface area contributed by atoms with Crippen LogP contribution in [0.4, 0.5) is 0 Å². The smallest absolute Gasteiger partial charge is 0.0871 e. The number of nitrogens with zero attached hydrogens (tertiary/aromatic N) is 3. The van der Waals surface area contributed by atoms with Crippen molar-refractivity contribution >= 4 is 49.3 Å². The Balaban J connectivity index is 1.19. The van der Waals surface area contributed by atoms with Crippen LogP contribution in [0.1, 0.15) is 87.2 Å². The van der Waals surface area contributed by atoms with Gasteiger partial charge < -0.3 is 8.97 Å². The molecule has 48 heavy (non-hydrogen) atoms. The standard InChI is InChI=1S/C45H41N3/c1-3-12-30(13-4-1)32-22-24-41-37(27-32)38-28-33(31-14-5-2-6-15-31)23-25-42(38)47(41)35-17-11-16-34(26-35)45-36-18-7-9-20-40(36)48-43-21-10-8-19-39(43)46-29-44(45)48/h7-11,16-31H,1-6,12-15H2. The summed E-state index contributed by atoms with van der Waals surface area (Å²) >= 11 is 0. The maximum Gasteiger partial charge on any atom is 0.0871 e. The zero-order valence-corrected chi connectivity index (χ0v) is 27.5. The summed E-state index contributed by atoms with van der Waals surface area (Å²) in [6, 6.07) is 41.3. The lowest BCUT2D eigenvalue weighted by molar-refractivity contribution is 0.444. The summed E-state index contributed by atoms with van der Waals surface area (Å²) in [7, 11) is 0. The Labute approximate surface area is 281 Å². The van der Waals surface area contributed by atoms with Gasteiger partial charge in [0.05, 0.1) is 39.3 Å². The molecule has 0 bridgehead atoms. The van der Waals surface area contributed by atoms with Crippen molar-refractivity contribution < 1.29 is 0 Å². The molecule has 0 unspecified atom stereocenters. The Bertz CT molecular complexity index is 2410. The van der Waals surface area contributed by atoms with Gasteiger partial charge in [0.2, 0.25) is 0 Å². The van der Waals surface area contributed by atoms with Crippen LogP contribution < -0.4 is 0 Å². The minimum Gasteiger partial charge on any atom is -0.309 e. The molecule has 3 nitrogen and oxygen atoms in total. The lowest BCUT2D eigenvalue weighted by Crippen LogP contribution is -2.04. The van der Waals surface area contributed by atoms with Crippen molar-refractivity contribution in [2.45, 2.75) is 76.0 Å². The van der Waals surface area contributed by atoms with Gasteiger partial charge in [-0.1, -0.05) is 93.1 Å². The largest absolute Gasteiger partial charge is 0.309 e. The lowest BCUT2D eigenvalue weighted by atomic mass is 9.83. The number of rotatable bonds is 4. The van der Waals surface area contributed by atoms with Crippen molar-refractivity contribution in [3.63, 3.8) is 0 Å². The number of fused-ring (bicyclic) bond motifs is 8. The second-order valence-corrected chi connectivity index (χ2v) is 14.5. The Kier molecular flexibility index (Phi) is 6.67. The fraction of sp³-hybridized carbons (Fsp3) is 0.267. The predicted octanol–water partition coefficient (Wildman–Crippen LogP) is 12.5. The topological polar surface area (TPSA) is 22.2 Å². The van der Waals surface area contributed by atoms with Crippen LogP contribution in [0.25, 0.3) is 66.1 Å². The summed E-state index contributed by atoms with van der Waals surface area (Å²) in [5.74, 6) is 1.37. The molecule has 236 valence electrons. The Morgan fingerprint density at radius 3 is 1.79 bits per heavy atom. The fourth-order valence-corrected chi connectivity index (χ4v) is 9.35. The molecule has 0 radical (unpaired) electrons. The number of aromatic nitrogens is 3. The van der Waals surface area contributed by atoms with E-state index in [2.05, 4.69) is 124 Å². The van der Waals surface area contributed by atoms with Gasteiger partial charge in [-0.05, 0) is 109 Å². The van der Waals surface area contributed by atoms with E-state index >= 15 is 0 Å². The number of hydrogen-bond acceptors (Lipinski definition) is 1. The molecule has 8 aromatic rings. The van der Waals surface area contributed by atoms with Gasteiger partial charge in [0.25, 0.3) is 0 Å². The summed E-state index contributed by atoms with van der Waals surface area (Å²) in [5.41, 5.74) is 13.9. The van der Waals surface area contributed by atoms with E-state index in [1.54, 1.807) is 0 Å². The number of para-hydroxylation sites is 3. The van der Waals surface area contributed by atoms with Gasteiger partial charge in [-0.2, -0.15) is 0 Å². The van der Waals surface area contributed by atoms with Crippen LogP contribution in [0.15, 0.2) is 115 Å². The summed E-state index contributed by atoms with van der Waals surface area (Å²) in [5, 5.41) is 4.07. The molecule has 3 aromatic heterocycles. The van der Waals surface area contributed by atoms with E-state index in [0.717, 1.165) is 16.6 Å². The minimum absolute atomic E-state index is 0.687. The summed E-state index contributed by atoms with van der Waals surface area (Å²) in [6.07, 6.45) is 15.6. The average molecular weight is 624 g/mol. The van der Waals surface area contributed by atoms with Gasteiger partial charge in [-0.15, -0.1) is 0 Å². The van der Waals surface area contributed by atoms with Gasteiger partial charge in [0, 0.05) is 27.4 Å². The van der Waals surface area contributed by atoms with E-state index in [-0.39, 0.29) is 0 Å². The van der Waals surface area contributed by atoms with Crippen LogP contribution in [0.5, 0.6) is 0 Å². The quantitative estimate of drug-likeness (QED) is 0.191. The molecule has 3 heterocycles. The van der Waals surface area contributed by atoms with Crippen molar-refractivity contribution in [3.8, 4) is 16.8 Å². The molecule has 0 saturated heterocycles.